The van der Waals surface area contributed by atoms with Crippen molar-refractivity contribution >= 4 is 39.5 Å². The summed E-state index contributed by atoms with van der Waals surface area (Å²) in [6.07, 6.45) is 6.52. The number of hydrogen-bond donors (Lipinski definition) is 2. The van der Waals surface area contributed by atoms with E-state index in [0.29, 0.717) is 10.8 Å². The maximum atomic E-state index is 12.6. The van der Waals surface area contributed by atoms with E-state index in [4.69, 9.17) is 5.41 Å². The molecule has 0 atom stereocenters. The molecular formula is C22H33N5OS. The van der Waals surface area contributed by atoms with Crippen LogP contribution in [0.4, 0.5) is 5.69 Å². The van der Waals surface area contributed by atoms with E-state index in [0.717, 1.165) is 41.0 Å². The van der Waals surface area contributed by atoms with E-state index >= 15 is 0 Å². The number of amides is 1. The molecule has 2 N–H and O–H groups in total. The Labute approximate surface area is 178 Å². The van der Waals surface area contributed by atoms with Crippen LogP contribution in [0.15, 0.2) is 42.8 Å². The van der Waals surface area contributed by atoms with Crippen molar-refractivity contribution in [2.45, 2.75) is 27.7 Å². The van der Waals surface area contributed by atoms with Gasteiger partial charge in [-0.1, -0.05) is 26.0 Å². The van der Waals surface area contributed by atoms with E-state index in [1.165, 1.54) is 16.2 Å². The molecule has 0 fully saturated rings. The SMILES string of the molecule is C/C=C(\C)N(C=N)C(=O)c1cc2c(NCCN(C)C)ccnc2s1.C=CC(C)C. The number of allylic oxidation sites excluding steroid dienone is 3. The van der Waals surface area contributed by atoms with E-state index in [2.05, 4.69) is 35.6 Å². The molecule has 0 aliphatic rings. The third-order valence-electron chi connectivity index (χ3n) is 4.14. The Morgan fingerprint density at radius 2 is 2.07 bits per heavy atom. The first-order chi connectivity index (χ1) is 13.7. The van der Waals surface area contributed by atoms with Crippen LogP contribution < -0.4 is 5.32 Å². The van der Waals surface area contributed by atoms with Crippen molar-refractivity contribution in [3.8, 4) is 0 Å². The van der Waals surface area contributed by atoms with Crippen LogP contribution in [-0.4, -0.2) is 54.2 Å². The smallest absolute Gasteiger partial charge is 0.273 e. The molecule has 0 bridgehead atoms. The second-order valence-corrected chi connectivity index (χ2v) is 8.16. The lowest BCUT2D eigenvalue weighted by Crippen LogP contribution is -2.26. The first-order valence-electron chi connectivity index (χ1n) is 9.61. The van der Waals surface area contributed by atoms with Gasteiger partial charge in [-0.3, -0.25) is 15.1 Å². The highest BCUT2D eigenvalue weighted by Crippen LogP contribution is 2.30. The van der Waals surface area contributed by atoms with Crippen LogP contribution in [0.3, 0.4) is 0 Å². The molecule has 0 saturated heterocycles. The Hall–Kier alpha value is -2.51. The van der Waals surface area contributed by atoms with Crippen LogP contribution in [0.5, 0.6) is 0 Å². The number of carbonyl (C=O) groups is 1. The summed E-state index contributed by atoms with van der Waals surface area (Å²) in [6, 6.07) is 3.78. The summed E-state index contributed by atoms with van der Waals surface area (Å²) < 4.78 is 0. The van der Waals surface area contributed by atoms with Crippen LogP contribution in [0.25, 0.3) is 10.2 Å². The van der Waals surface area contributed by atoms with Crippen molar-refractivity contribution in [1.29, 1.82) is 5.41 Å². The fourth-order valence-corrected chi connectivity index (χ4v) is 3.15. The first-order valence-corrected chi connectivity index (χ1v) is 10.4. The monoisotopic (exact) mass is 415 g/mol. The van der Waals surface area contributed by atoms with E-state index < -0.39 is 0 Å². The molecule has 6 nitrogen and oxygen atoms in total. The van der Waals surface area contributed by atoms with Gasteiger partial charge in [-0.05, 0) is 46.0 Å². The van der Waals surface area contributed by atoms with Gasteiger partial charge in [0.15, 0.2) is 0 Å². The van der Waals surface area contributed by atoms with Crippen molar-refractivity contribution < 1.29 is 4.79 Å². The lowest BCUT2D eigenvalue weighted by atomic mass is 10.2. The normalized spacial score (nSPS) is 11.2. The predicted octanol–water partition coefficient (Wildman–Crippen LogP) is 5.07. The molecule has 7 heteroatoms. The maximum Gasteiger partial charge on any atom is 0.273 e. The van der Waals surface area contributed by atoms with E-state index in [1.54, 1.807) is 6.20 Å². The second-order valence-electron chi connectivity index (χ2n) is 7.13. The Morgan fingerprint density at radius 1 is 1.41 bits per heavy atom. The molecule has 2 heterocycles. The molecule has 158 valence electrons. The second kappa shape index (κ2) is 12.1. The number of aromatic nitrogens is 1. The minimum Gasteiger partial charge on any atom is -0.383 e. The van der Waals surface area contributed by atoms with Gasteiger partial charge in [0, 0.05) is 36.1 Å². The first kappa shape index (κ1) is 24.5. The number of anilines is 1. The number of hydrogen-bond acceptors (Lipinski definition) is 6. The molecule has 0 spiro atoms. The molecule has 0 aliphatic carbocycles. The summed E-state index contributed by atoms with van der Waals surface area (Å²) in [5.41, 5.74) is 1.70. The molecule has 2 aromatic rings. The van der Waals surface area contributed by atoms with E-state index in [1.807, 2.05) is 52.2 Å². The summed E-state index contributed by atoms with van der Waals surface area (Å²) in [6.45, 7) is 13.2. The zero-order valence-electron chi connectivity index (χ0n) is 18.3. The van der Waals surface area contributed by atoms with E-state index in [9.17, 15) is 4.79 Å². The number of pyridine rings is 1. The zero-order valence-corrected chi connectivity index (χ0v) is 19.1. The summed E-state index contributed by atoms with van der Waals surface area (Å²) >= 11 is 1.35. The maximum absolute atomic E-state index is 12.6. The molecule has 0 radical (unpaired) electrons. The van der Waals surface area contributed by atoms with Gasteiger partial charge in [-0.2, -0.15) is 0 Å². The standard InChI is InChI=1S/C17H23N5OS.C5H10/c1-5-12(2)22(11-18)17(23)15-10-13-14(19-8-9-21(3)4)6-7-20-16(13)24-15;1-4-5(2)3/h5-7,10-11,18H,8-9H2,1-4H3,(H,19,20);4-5H,1H2,2-3H3/b12-5+,18-11?;. The van der Waals surface area contributed by atoms with Crippen molar-refractivity contribution in [2.75, 3.05) is 32.5 Å². The largest absolute Gasteiger partial charge is 0.383 e. The molecule has 1 amide bonds. The summed E-state index contributed by atoms with van der Waals surface area (Å²) in [5, 5.41) is 11.8. The Morgan fingerprint density at radius 3 is 2.59 bits per heavy atom. The number of rotatable bonds is 8. The van der Waals surface area contributed by atoms with Gasteiger partial charge in [0.1, 0.15) is 4.83 Å². The average Bonchev–Trinajstić information content (AvgIpc) is 3.13. The molecule has 2 aromatic heterocycles. The number of thiophene rings is 1. The van der Waals surface area contributed by atoms with Crippen molar-refractivity contribution in [3.63, 3.8) is 0 Å². The average molecular weight is 416 g/mol. The van der Waals surface area contributed by atoms with Gasteiger partial charge in [0.25, 0.3) is 5.91 Å². The van der Waals surface area contributed by atoms with Gasteiger partial charge < -0.3 is 10.2 Å². The molecule has 0 aromatic carbocycles. The highest BCUT2D eigenvalue weighted by atomic mass is 32.1. The summed E-state index contributed by atoms with van der Waals surface area (Å²) in [5.74, 6) is 0.442. The highest BCUT2D eigenvalue weighted by Gasteiger charge is 2.19. The van der Waals surface area contributed by atoms with Crippen molar-refractivity contribution in [1.82, 2.24) is 14.8 Å². The van der Waals surface area contributed by atoms with Crippen LogP contribution >= 0.6 is 11.3 Å². The van der Waals surface area contributed by atoms with Crippen LogP contribution in [0.2, 0.25) is 0 Å². The number of nitrogens with one attached hydrogen (secondary N) is 2. The van der Waals surface area contributed by atoms with Crippen LogP contribution in [0, 0.1) is 11.3 Å². The number of carbonyl (C=O) groups excluding carboxylic acids is 1. The lowest BCUT2D eigenvalue weighted by Gasteiger charge is -2.16. The molecular weight excluding hydrogens is 382 g/mol. The number of nitrogens with zero attached hydrogens (tertiary/aromatic N) is 3. The highest BCUT2D eigenvalue weighted by molar-refractivity contribution is 7.20. The van der Waals surface area contributed by atoms with Crippen molar-refractivity contribution in [3.05, 3.63) is 47.6 Å². The number of fused-ring (bicyclic) bond motifs is 1. The third kappa shape index (κ3) is 7.44. The zero-order chi connectivity index (χ0) is 22.0. The molecule has 0 aliphatic heterocycles. The molecule has 0 unspecified atom stereocenters. The van der Waals surface area contributed by atoms with Gasteiger partial charge in [-0.25, -0.2) is 4.98 Å². The Kier molecular flexibility index (Phi) is 10.3. The summed E-state index contributed by atoms with van der Waals surface area (Å²) in [4.78, 5) is 21.8. The predicted molar refractivity (Wildman–Crippen MR) is 126 cm³/mol. The molecule has 2 rings (SSSR count). The van der Waals surface area contributed by atoms with Gasteiger partial charge in [-0.15, -0.1) is 17.9 Å². The van der Waals surface area contributed by atoms with Crippen LogP contribution in [0.1, 0.15) is 37.4 Å². The summed E-state index contributed by atoms with van der Waals surface area (Å²) in [7, 11) is 4.06. The molecule has 29 heavy (non-hydrogen) atoms. The fraction of sp³-hybridized carbons (Fsp3) is 0.409. The lowest BCUT2D eigenvalue weighted by molar-refractivity contribution is 0.0885. The minimum absolute atomic E-state index is 0.206. The Balaban J connectivity index is 0.000000749. The van der Waals surface area contributed by atoms with Gasteiger partial charge in [0.2, 0.25) is 0 Å². The Bertz CT molecular complexity index is 854. The minimum atomic E-state index is -0.206. The van der Waals surface area contributed by atoms with E-state index in [-0.39, 0.29) is 5.91 Å². The fourth-order valence-electron chi connectivity index (χ4n) is 2.19. The van der Waals surface area contributed by atoms with Gasteiger partial charge in [0.05, 0.1) is 11.2 Å². The quantitative estimate of drug-likeness (QED) is 0.359. The topological polar surface area (TPSA) is 72.3 Å². The van der Waals surface area contributed by atoms with Crippen molar-refractivity contribution in [2.24, 2.45) is 5.92 Å². The van der Waals surface area contributed by atoms with Gasteiger partial charge >= 0.3 is 0 Å². The number of likely N-dealkylation sites (N-methyl/N-ethyl adjacent to an activating group) is 1. The molecule has 0 saturated carbocycles. The van der Waals surface area contributed by atoms with Crippen LogP contribution in [-0.2, 0) is 0 Å². The third-order valence-corrected chi connectivity index (χ3v) is 5.17.